The minimum Gasteiger partial charge on any atom is -0.323 e. The number of carbonyl (C=O) groups excluding carboxylic acids is 1. The highest BCUT2D eigenvalue weighted by molar-refractivity contribution is 7.98. The molecule has 0 radical (unpaired) electrons. The van der Waals surface area contributed by atoms with Gasteiger partial charge in [0.25, 0.3) is 5.56 Å². The molecule has 0 bridgehead atoms. The van der Waals surface area contributed by atoms with Crippen molar-refractivity contribution < 1.29 is 4.79 Å². The number of hydrogen-bond donors (Lipinski definition) is 1. The van der Waals surface area contributed by atoms with Crippen LogP contribution >= 0.6 is 11.8 Å². The largest absolute Gasteiger partial charge is 0.323 e. The topological polar surface area (TPSA) is 64.0 Å². The summed E-state index contributed by atoms with van der Waals surface area (Å²) in [6, 6.07) is 9.92. The van der Waals surface area contributed by atoms with Crippen molar-refractivity contribution in [2.24, 2.45) is 0 Å². The highest BCUT2D eigenvalue weighted by Crippen LogP contribution is 2.25. The van der Waals surface area contributed by atoms with E-state index in [1.54, 1.807) is 31.7 Å². The maximum absolute atomic E-state index is 12.3. The third kappa shape index (κ3) is 3.52. The molecule has 6 heteroatoms. The summed E-state index contributed by atoms with van der Waals surface area (Å²) in [5.74, 6) is -0.267. The first-order valence-electron chi connectivity index (χ1n) is 6.53. The van der Waals surface area contributed by atoms with Crippen molar-refractivity contribution in [1.29, 1.82) is 0 Å². The number of thioether (sulfide) groups is 1. The molecule has 0 aliphatic rings. The molecule has 0 fully saturated rings. The molecular weight excluding hydrogens is 286 g/mol. The summed E-state index contributed by atoms with van der Waals surface area (Å²) in [4.78, 5) is 25.1. The van der Waals surface area contributed by atoms with Crippen molar-refractivity contribution >= 4 is 23.4 Å². The van der Waals surface area contributed by atoms with Gasteiger partial charge in [0.1, 0.15) is 6.04 Å². The number of anilines is 1. The number of benzene rings is 1. The molecule has 0 aliphatic carbocycles. The van der Waals surface area contributed by atoms with E-state index in [1.807, 2.05) is 30.5 Å². The number of aromatic nitrogens is 2. The van der Waals surface area contributed by atoms with Crippen LogP contribution < -0.4 is 10.9 Å². The Balaban J connectivity index is 2.24. The number of para-hydroxylation sites is 1. The van der Waals surface area contributed by atoms with Gasteiger partial charge in [-0.3, -0.25) is 9.59 Å². The van der Waals surface area contributed by atoms with E-state index in [1.165, 1.54) is 10.7 Å². The molecule has 0 saturated carbocycles. The van der Waals surface area contributed by atoms with Crippen LogP contribution in [0.25, 0.3) is 0 Å². The molecule has 1 amide bonds. The molecule has 0 aliphatic heterocycles. The molecule has 1 atom stereocenters. The van der Waals surface area contributed by atoms with E-state index in [0.29, 0.717) is 5.69 Å². The van der Waals surface area contributed by atoms with E-state index in [9.17, 15) is 9.59 Å². The van der Waals surface area contributed by atoms with Gasteiger partial charge in [0.05, 0.1) is 11.4 Å². The summed E-state index contributed by atoms with van der Waals surface area (Å²) in [5, 5.41) is 6.96. The second kappa shape index (κ2) is 6.58. The predicted octanol–water partition coefficient (Wildman–Crippen LogP) is 2.47. The van der Waals surface area contributed by atoms with Gasteiger partial charge < -0.3 is 5.32 Å². The second-order valence-corrected chi connectivity index (χ2v) is 5.47. The van der Waals surface area contributed by atoms with E-state index >= 15 is 0 Å². The van der Waals surface area contributed by atoms with Gasteiger partial charge in [0, 0.05) is 11.0 Å². The molecule has 0 saturated heterocycles. The average Bonchev–Trinajstić information content (AvgIpc) is 2.49. The van der Waals surface area contributed by atoms with Crippen molar-refractivity contribution in [3.05, 3.63) is 52.4 Å². The van der Waals surface area contributed by atoms with Crippen molar-refractivity contribution in [3.63, 3.8) is 0 Å². The standard InChI is InChI=1S/C15H17N3O2S/c1-10-8-9-14(19)18(17-10)11(2)15(20)16-12-6-4-5-7-13(12)21-3/h4-9,11H,1-3H3,(H,16,20). The summed E-state index contributed by atoms with van der Waals surface area (Å²) in [6.07, 6.45) is 1.95. The first-order valence-corrected chi connectivity index (χ1v) is 7.75. The Morgan fingerprint density at radius 3 is 2.71 bits per heavy atom. The first kappa shape index (κ1) is 15.3. The van der Waals surface area contributed by atoms with Gasteiger partial charge in [0.2, 0.25) is 5.91 Å². The smallest absolute Gasteiger partial charge is 0.267 e. The molecule has 1 heterocycles. The van der Waals surface area contributed by atoms with Crippen LogP contribution in [0.3, 0.4) is 0 Å². The average molecular weight is 303 g/mol. The molecule has 0 spiro atoms. The fourth-order valence-corrected chi connectivity index (χ4v) is 2.45. The predicted molar refractivity (Wildman–Crippen MR) is 84.8 cm³/mol. The lowest BCUT2D eigenvalue weighted by Gasteiger charge is -2.15. The van der Waals surface area contributed by atoms with E-state index in [4.69, 9.17) is 0 Å². The van der Waals surface area contributed by atoms with Crippen LogP contribution in [0, 0.1) is 6.92 Å². The van der Waals surface area contributed by atoms with Gasteiger partial charge in [0.15, 0.2) is 0 Å². The van der Waals surface area contributed by atoms with Crippen LogP contribution in [0.2, 0.25) is 0 Å². The molecule has 2 rings (SSSR count). The lowest BCUT2D eigenvalue weighted by atomic mass is 10.2. The maximum atomic E-state index is 12.3. The number of nitrogens with one attached hydrogen (secondary N) is 1. The lowest BCUT2D eigenvalue weighted by Crippen LogP contribution is -2.33. The Morgan fingerprint density at radius 2 is 2.00 bits per heavy atom. The van der Waals surface area contributed by atoms with E-state index in [2.05, 4.69) is 10.4 Å². The van der Waals surface area contributed by atoms with Crippen LogP contribution in [0.4, 0.5) is 5.69 Å². The SMILES string of the molecule is CSc1ccccc1NC(=O)C(C)n1nc(C)ccc1=O. The van der Waals surface area contributed by atoms with E-state index < -0.39 is 6.04 Å². The monoisotopic (exact) mass is 303 g/mol. The molecule has 1 unspecified atom stereocenters. The van der Waals surface area contributed by atoms with Gasteiger partial charge in [-0.2, -0.15) is 5.10 Å². The van der Waals surface area contributed by atoms with Gasteiger partial charge in [-0.25, -0.2) is 4.68 Å². The van der Waals surface area contributed by atoms with Gasteiger partial charge >= 0.3 is 0 Å². The van der Waals surface area contributed by atoms with Crippen LogP contribution in [0.15, 0.2) is 46.1 Å². The summed E-state index contributed by atoms with van der Waals surface area (Å²) in [6.45, 7) is 3.44. The third-order valence-electron chi connectivity index (χ3n) is 3.07. The minimum atomic E-state index is -0.674. The molecule has 110 valence electrons. The van der Waals surface area contributed by atoms with Gasteiger partial charge in [-0.15, -0.1) is 11.8 Å². The summed E-state index contributed by atoms with van der Waals surface area (Å²) >= 11 is 1.55. The second-order valence-electron chi connectivity index (χ2n) is 4.62. The Morgan fingerprint density at radius 1 is 1.29 bits per heavy atom. The highest BCUT2D eigenvalue weighted by atomic mass is 32.2. The van der Waals surface area contributed by atoms with Crippen molar-refractivity contribution in [1.82, 2.24) is 9.78 Å². The highest BCUT2D eigenvalue weighted by Gasteiger charge is 2.18. The molecule has 1 N–H and O–H groups in total. The maximum Gasteiger partial charge on any atom is 0.267 e. The van der Waals surface area contributed by atoms with E-state index in [0.717, 1.165) is 10.6 Å². The normalized spacial score (nSPS) is 12.0. The number of rotatable bonds is 4. The quantitative estimate of drug-likeness (QED) is 0.881. The minimum absolute atomic E-state index is 0.267. The Bertz CT molecular complexity index is 712. The van der Waals surface area contributed by atoms with Gasteiger partial charge in [-0.1, -0.05) is 12.1 Å². The van der Waals surface area contributed by atoms with Crippen LogP contribution in [0.1, 0.15) is 18.7 Å². The fourth-order valence-electron chi connectivity index (χ4n) is 1.89. The summed E-state index contributed by atoms with van der Waals surface area (Å²) in [7, 11) is 0. The number of aryl methyl sites for hydroxylation is 1. The van der Waals surface area contributed by atoms with Crippen LogP contribution in [-0.2, 0) is 4.79 Å². The Labute approximate surface area is 127 Å². The third-order valence-corrected chi connectivity index (χ3v) is 3.87. The van der Waals surface area contributed by atoms with Crippen molar-refractivity contribution in [2.75, 3.05) is 11.6 Å². The van der Waals surface area contributed by atoms with Gasteiger partial charge in [-0.05, 0) is 38.3 Å². The fraction of sp³-hybridized carbons (Fsp3) is 0.267. The van der Waals surface area contributed by atoms with Crippen molar-refractivity contribution in [3.8, 4) is 0 Å². The van der Waals surface area contributed by atoms with Crippen LogP contribution in [-0.4, -0.2) is 21.9 Å². The molecule has 1 aromatic carbocycles. The number of hydrogen-bond acceptors (Lipinski definition) is 4. The molecule has 5 nitrogen and oxygen atoms in total. The molecular formula is C15H17N3O2S. The Hall–Kier alpha value is -2.08. The number of nitrogens with zero attached hydrogens (tertiary/aromatic N) is 2. The van der Waals surface area contributed by atoms with Crippen molar-refractivity contribution in [2.45, 2.75) is 24.8 Å². The summed E-state index contributed by atoms with van der Waals surface area (Å²) in [5.41, 5.74) is 1.14. The molecule has 2 aromatic rings. The van der Waals surface area contributed by atoms with Crippen LogP contribution in [0.5, 0.6) is 0 Å². The first-order chi connectivity index (χ1) is 10.0. The zero-order valence-corrected chi connectivity index (χ0v) is 13.0. The number of carbonyl (C=O) groups is 1. The molecule has 1 aromatic heterocycles. The number of amides is 1. The van der Waals surface area contributed by atoms with E-state index in [-0.39, 0.29) is 11.5 Å². The molecule has 21 heavy (non-hydrogen) atoms. The summed E-state index contributed by atoms with van der Waals surface area (Å²) < 4.78 is 1.20. The zero-order chi connectivity index (χ0) is 15.4. The zero-order valence-electron chi connectivity index (χ0n) is 12.2. The lowest BCUT2D eigenvalue weighted by molar-refractivity contribution is -0.119. The Kier molecular flexibility index (Phi) is 4.80.